The molecule has 0 aliphatic heterocycles. The van der Waals surface area contributed by atoms with Gasteiger partial charge in [0.1, 0.15) is 0 Å². The minimum absolute atomic E-state index is 0.347. The first kappa shape index (κ1) is 10.8. The van der Waals surface area contributed by atoms with Crippen LogP contribution >= 0.6 is 51.9 Å². The molecule has 9 heavy (non-hydrogen) atoms. The summed E-state index contributed by atoms with van der Waals surface area (Å²) in [6.45, 7) is 0. The van der Waals surface area contributed by atoms with Crippen LogP contribution in [0.3, 0.4) is 0 Å². The van der Waals surface area contributed by atoms with Crippen LogP contribution in [0.2, 0.25) is 0 Å². The summed E-state index contributed by atoms with van der Waals surface area (Å²) in [5.74, 6) is 0. The Morgan fingerprint density at radius 2 is 1.67 bits per heavy atom. The van der Waals surface area contributed by atoms with Gasteiger partial charge >= 0.3 is 0 Å². The molecule has 0 amide bonds. The summed E-state index contributed by atoms with van der Waals surface area (Å²) in [4.78, 5) is 17.1. The predicted octanol–water partition coefficient (Wildman–Crippen LogP) is 2.26. The molecule has 0 atom stereocenters. The normalized spacial score (nSPS) is 13.9. The summed E-state index contributed by atoms with van der Waals surface area (Å²) in [6.07, 6.45) is 0. The van der Waals surface area contributed by atoms with Crippen LogP contribution in [-0.2, 0) is 11.8 Å². The summed E-state index contributed by atoms with van der Waals surface area (Å²) < 4.78 is -1.74. The highest BCUT2D eigenvalue weighted by Gasteiger charge is 2.28. The van der Waals surface area contributed by atoms with Crippen molar-refractivity contribution in [2.24, 2.45) is 0 Å². The van der Waals surface area contributed by atoms with E-state index in [2.05, 4.69) is 11.8 Å². The van der Waals surface area contributed by atoms with E-state index in [1.807, 2.05) is 0 Å². The Balaban J connectivity index is 3.90. The second-order valence-electron chi connectivity index (χ2n) is 1.03. The van der Waals surface area contributed by atoms with Crippen molar-refractivity contribution in [1.82, 2.24) is 0 Å². The van der Waals surface area contributed by atoms with E-state index in [1.165, 1.54) is 0 Å². The maximum absolute atomic E-state index is 8.54. The number of hydrogen-bond donors (Lipinski definition) is 2. The molecule has 0 rings (SSSR count). The van der Waals surface area contributed by atoms with Gasteiger partial charge in [0.2, 0.25) is 8.82 Å². The van der Waals surface area contributed by atoms with E-state index in [-0.39, 0.29) is 0 Å². The maximum Gasteiger partial charge on any atom is 0.246 e. The zero-order chi connectivity index (χ0) is 7.71. The van der Waals surface area contributed by atoms with Crippen LogP contribution in [-0.4, -0.2) is 12.9 Å². The highest BCUT2D eigenvalue weighted by Crippen LogP contribution is 2.61. The van der Waals surface area contributed by atoms with Crippen LogP contribution in [0.15, 0.2) is 0 Å². The standard InChI is InChI=1S/CH2Cl3O2PS2/c2-1(3,4)9-7(5,6)8/h(H2,5,6,8). The molecule has 0 saturated heterocycles. The van der Waals surface area contributed by atoms with Gasteiger partial charge in [-0.15, -0.1) is 0 Å². The fraction of sp³-hybridized carbons (Fsp3) is 1.00. The van der Waals surface area contributed by atoms with Gasteiger partial charge in [0, 0.05) is 0 Å². The van der Waals surface area contributed by atoms with Crippen molar-refractivity contribution >= 4 is 63.7 Å². The third kappa shape index (κ3) is 9.79. The van der Waals surface area contributed by atoms with Crippen molar-refractivity contribution in [2.75, 3.05) is 0 Å². The monoisotopic (exact) mass is 246 g/mol. The minimum Gasteiger partial charge on any atom is -0.337 e. The molecule has 0 fully saturated rings. The van der Waals surface area contributed by atoms with Crippen molar-refractivity contribution in [1.29, 1.82) is 0 Å². The molecule has 0 heterocycles. The lowest BCUT2D eigenvalue weighted by atomic mass is 11.8. The topological polar surface area (TPSA) is 40.5 Å². The van der Waals surface area contributed by atoms with Gasteiger partial charge in [-0.05, 0) is 23.2 Å². The Kier molecular flexibility index (Phi) is 4.15. The van der Waals surface area contributed by atoms with Gasteiger partial charge in [-0.1, -0.05) is 34.8 Å². The largest absolute Gasteiger partial charge is 0.337 e. The lowest BCUT2D eigenvalue weighted by molar-refractivity contribution is 0.502. The first-order valence-electron chi connectivity index (χ1n) is 1.54. The molecule has 2 N–H and O–H groups in total. The van der Waals surface area contributed by atoms with Crippen molar-refractivity contribution in [2.45, 2.75) is 3.12 Å². The molecule has 0 unspecified atom stereocenters. The third-order valence-corrected chi connectivity index (χ3v) is 4.54. The summed E-state index contributed by atoms with van der Waals surface area (Å²) in [6, 6.07) is 0. The minimum atomic E-state index is -3.43. The SMILES string of the molecule is OP(O)(=S)SC(Cl)(Cl)Cl. The summed E-state index contributed by atoms with van der Waals surface area (Å²) in [7, 11) is 0. The number of hydrogen-bond acceptors (Lipinski definition) is 2. The lowest BCUT2D eigenvalue weighted by Crippen LogP contribution is -1.91. The lowest BCUT2D eigenvalue weighted by Gasteiger charge is -2.12. The quantitative estimate of drug-likeness (QED) is 0.551. The third-order valence-electron chi connectivity index (χ3n) is 0.222. The van der Waals surface area contributed by atoms with Crippen LogP contribution in [0.4, 0.5) is 0 Å². The average Bonchev–Trinajstić information content (AvgIpc) is 1.14. The van der Waals surface area contributed by atoms with Crippen LogP contribution < -0.4 is 0 Å². The number of rotatable bonds is 1. The number of alkyl halides is 3. The van der Waals surface area contributed by atoms with E-state index >= 15 is 0 Å². The van der Waals surface area contributed by atoms with E-state index in [0.717, 1.165) is 0 Å². The maximum atomic E-state index is 8.54. The fourth-order valence-electron chi connectivity index (χ4n) is 0.135. The molecular weight excluding hydrogens is 245 g/mol. The Bertz CT molecular complexity index is 137. The zero-order valence-electron chi connectivity index (χ0n) is 3.79. The molecule has 0 bridgehead atoms. The van der Waals surface area contributed by atoms with Crippen LogP contribution in [0.25, 0.3) is 0 Å². The molecule has 0 aromatic carbocycles. The van der Waals surface area contributed by atoms with Crippen LogP contribution in [0.1, 0.15) is 0 Å². The van der Waals surface area contributed by atoms with Gasteiger partial charge in [-0.25, -0.2) is 0 Å². The van der Waals surface area contributed by atoms with Gasteiger partial charge in [0.25, 0.3) is 0 Å². The van der Waals surface area contributed by atoms with Crippen molar-refractivity contribution in [3.63, 3.8) is 0 Å². The van der Waals surface area contributed by atoms with Gasteiger partial charge < -0.3 is 9.79 Å². The first-order valence-corrected chi connectivity index (χ1v) is 6.80. The van der Waals surface area contributed by atoms with E-state index in [4.69, 9.17) is 44.6 Å². The molecule has 0 aliphatic carbocycles. The molecule has 56 valence electrons. The molecule has 0 spiro atoms. The second kappa shape index (κ2) is 3.46. The van der Waals surface area contributed by atoms with E-state index in [9.17, 15) is 0 Å². The molecule has 8 heteroatoms. The van der Waals surface area contributed by atoms with E-state index in [0.29, 0.717) is 11.4 Å². The summed E-state index contributed by atoms with van der Waals surface area (Å²) in [5, 5.41) is 0. The predicted molar refractivity (Wildman–Crippen MR) is 46.6 cm³/mol. The first-order chi connectivity index (χ1) is 3.71. The number of halogens is 3. The molecule has 0 aromatic heterocycles. The van der Waals surface area contributed by atoms with E-state index < -0.39 is 8.82 Å². The van der Waals surface area contributed by atoms with E-state index in [1.54, 1.807) is 0 Å². The fourth-order valence-corrected chi connectivity index (χ4v) is 5.92. The van der Waals surface area contributed by atoms with Gasteiger partial charge in [-0.3, -0.25) is 0 Å². The molecule has 0 aromatic rings. The molecule has 0 aliphatic rings. The van der Waals surface area contributed by atoms with Crippen molar-refractivity contribution < 1.29 is 9.79 Å². The molecular formula is CH2Cl3O2PS2. The van der Waals surface area contributed by atoms with Crippen molar-refractivity contribution in [3.8, 4) is 0 Å². The van der Waals surface area contributed by atoms with Crippen molar-refractivity contribution in [3.05, 3.63) is 0 Å². The second-order valence-corrected chi connectivity index (χ2v) is 10.1. The molecule has 2 nitrogen and oxygen atoms in total. The highest BCUT2D eigenvalue weighted by atomic mass is 35.6. The van der Waals surface area contributed by atoms with Crippen LogP contribution in [0, 0.1) is 0 Å². The Hall–Kier alpha value is 1.79. The smallest absolute Gasteiger partial charge is 0.246 e. The molecule has 0 saturated carbocycles. The Morgan fingerprint density at radius 3 is 1.67 bits per heavy atom. The van der Waals surface area contributed by atoms with Gasteiger partial charge in [-0.2, -0.15) is 0 Å². The van der Waals surface area contributed by atoms with Crippen LogP contribution in [0.5, 0.6) is 0 Å². The summed E-state index contributed by atoms with van der Waals surface area (Å²) >= 11 is 20.0. The highest BCUT2D eigenvalue weighted by molar-refractivity contribution is 8.68. The Labute approximate surface area is 76.4 Å². The zero-order valence-corrected chi connectivity index (χ0v) is 8.59. The van der Waals surface area contributed by atoms with Gasteiger partial charge in [0.05, 0.1) is 0 Å². The Morgan fingerprint density at radius 1 is 1.33 bits per heavy atom. The average molecular weight is 247 g/mol. The summed E-state index contributed by atoms with van der Waals surface area (Å²) in [5.41, 5.74) is -3.43. The molecule has 0 radical (unpaired) electrons. The van der Waals surface area contributed by atoms with Gasteiger partial charge in [0.15, 0.2) is 0 Å².